The maximum atomic E-state index is 13.1. The minimum absolute atomic E-state index is 0.179. The Kier molecular flexibility index (Phi) is 3.06. The molecule has 0 aliphatic heterocycles. The van der Waals surface area contributed by atoms with E-state index < -0.39 is 5.82 Å². The van der Waals surface area contributed by atoms with Crippen LogP contribution in [0.4, 0.5) is 4.39 Å². The predicted octanol–water partition coefficient (Wildman–Crippen LogP) is 4.64. The molecule has 0 N–H and O–H groups in total. The molecule has 2 nitrogen and oxygen atoms in total. The van der Waals surface area contributed by atoms with E-state index in [1.54, 1.807) is 0 Å². The lowest BCUT2D eigenvalue weighted by Crippen LogP contribution is -1.89. The molecule has 0 bridgehead atoms. The van der Waals surface area contributed by atoms with Gasteiger partial charge in [-0.2, -0.15) is 5.26 Å². The molecule has 0 fully saturated rings. The highest BCUT2D eigenvalue weighted by atomic mass is 19.1. The average Bonchev–Trinajstić information content (AvgIpc) is 2.49. The monoisotopic (exact) mass is 263 g/mol. The molecular formula is C17H10FNO. The van der Waals surface area contributed by atoms with Gasteiger partial charge in [0.05, 0.1) is 5.56 Å². The molecule has 0 atom stereocenters. The van der Waals surface area contributed by atoms with E-state index in [0.29, 0.717) is 11.5 Å². The second-order valence-electron chi connectivity index (χ2n) is 4.36. The summed E-state index contributed by atoms with van der Waals surface area (Å²) in [5.41, 5.74) is 0.179. The van der Waals surface area contributed by atoms with Gasteiger partial charge >= 0.3 is 0 Å². The molecular weight excluding hydrogens is 253 g/mol. The zero-order valence-electron chi connectivity index (χ0n) is 10.5. The van der Waals surface area contributed by atoms with Crippen LogP contribution in [-0.4, -0.2) is 0 Å². The molecule has 3 rings (SSSR count). The van der Waals surface area contributed by atoms with Crippen LogP contribution in [-0.2, 0) is 0 Å². The molecule has 0 radical (unpaired) electrons. The fourth-order valence-corrected chi connectivity index (χ4v) is 2.04. The maximum absolute atomic E-state index is 13.1. The van der Waals surface area contributed by atoms with Crippen LogP contribution in [0.5, 0.6) is 11.5 Å². The highest BCUT2D eigenvalue weighted by Crippen LogP contribution is 2.28. The van der Waals surface area contributed by atoms with Crippen LogP contribution in [0.2, 0.25) is 0 Å². The van der Waals surface area contributed by atoms with E-state index in [1.165, 1.54) is 12.1 Å². The Morgan fingerprint density at radius 1 is 0.900 bits per heavy atom. The number of ether oxygens (including phenoxy) is 1. The Morgan fingerprint density at radius 3 is 2.50 bits per heavy atom. The number of fused-ring (bicyclic) bond motifs is 1. The van der Waals surface area contributed by atoms with Crippen LogP contribution in [0.15, 0.2) is 60.7 Å². The van der Waals surface area contributed by atoms with Gasteiger partial charge < -0.3 is 4.74 Å². The maximum Gasteiger partial charge on any atom is 0.145 e. The van der Waals surface area contributed by atoms with Crippen LogP contribution in [0, 0.1) is 17.1 Å². The topological polar surface area (TPSA) is 33.0 Å². The van der Waals surface area contributed by atoms with Crippen molar-refractivity contribution in [3.63, 3.8) is 0 Å². The van der Waals surface area contributed by atoms with E-state index >= 15 is 0 Å². The summed E-state index contributed by atoms with van der Waals surface area (Å²) in [4.78, 5) is 0. The van der Waals surface area contributed by atoms with Gasteiger partial charge in [0.15, 0.2) is 0 Å². The number of nitriles is 1. The molecule has 3 aromatic rings. The second kappa shape index (κ2) is 5.02. The average molecular weight is 263 g/mol. The van der Waals surface area contributed by atoms with Crippen molar-refractivity contribution >= 4 is 10.8 Å². The van der Waals surface area contributed by atoms with Gasteiger partial charge in [0, 0.05) is 0 Å². The number of benzene rings is 3. The van der Waals surface area contributed by atoms with Gasteiger partial charge in [0.1, 0.15) is 23.4 Å². The van der Waals surface area contributed by atoms with Crippen molar-refractivity contribution in [3.05, 3.63) is 72.0 Å². The third-order valence-corrected chi connectivity index (χ3v) is 3.01. The lowest BCUT2D eigenvalue weighted by molar-refractivity contribution is 0.479. The van der Waals surface area contributed by atoms with Crippen molar-refractivity contribution in [2.45, 2.75) is 0 Å². The summed E-state index contributed by atoms with van der Waals surface area (Å²) in [6, 6.07) is 19.4. The first-order chi connectivity index (χ1) is 9.76. The van der Waals surface area contributed by atoms with Crippen molar-refractivity contribution in [3.8, 4) is 17.6 Å². The van der Waals surface area contributed by atoms with E-state index in [9.17, 15) is 4.39 Å². The number of rotatable bonds is 2. The predicted molar refractivity (Wildman–Crippen MR) is 75.1 cm³/mol. The molecule has 0 aliphatic rings. The summed E-state index contributed by atoms with van der Waals surface area (Å²) in [5.74, 6) is 0.517. The van der Waals surface area contributed by atoms with Gasteiger partial charge in [-0.05, 0) is 41.1 Å². The van der Waals surface area contributed by atoms with Gasteiger partial charge in [0.25, 0.3) is 0 Å². The molecule has 0 spiro atoms. The Morgan fingerprint density at radius 2 is 1.70 bits per heavy atom. The summed E-state index contributed by atoms with van der Waals surface area (Å²) in [6.45, 7) is 0. The molecule has 96 valence electrons. The molecule has 0 unspecified atom stereocenters. The highest BCUT2D eigenvalue weighted by molar-refractivity contribution is 5.83. The Hall–Kier alpha value is -2.86. The van der Waals surface area contributed by atoms with Crippen LogP contribution >= 0.6 is 0 Å². The highest BCUT2D eigenvalue weighted by Gasteiger charge is 2.06. The normalized spacial score (nSPS) is 10.2. The van der Waals surface area contributed by atoms with E-state index in [0.717, 1.165) is 16.8 Å². The van der Waals surface area contributed by atoms with Crippen molar-refractivity contribution in [1.82, 2.24) is 0 Å². The van der Waals surface area contributed by atoms with Crippen molar-refractivity contribution in [1.29, 1.82) is 5.26 Å². The van der Waals surface area contributed by atoms with E-state index in [1.807, 2.05) is 48.5 Å². The molecule has 3 aromatic carbocycles. The van der Waals surface area contributed by atoms with Crippen LogP contribution in [0.1, 0.15) is 5.56 Å². The van der Waals surface area contributed by atoms with Gasteiger partial charge in [-0.3, -0.25) is 0 Å². The second-order valence-corrected chi connectivity index (χ2v) is 4.36. The van der Waals surface area contributed by atoms with Crippen LogP contribution in [0.3, 0.4) is 0 Å². The summed E-state index contributed by atoms with van der Waals surface area (Å²) < 4.78 is 18.7. The third-order valence-electron chi connectivity index (χ3n) is 3.01. The van der Waals surface area contributed by atoms with Gasteiger partial charge in [-0.15, -0.1) is 0 Å². The first kappa shape index (κ1) is 12.2. The fourth-order valence-electron chi connectivity index (χ4n) is 2.04. The van der Waals surface area contributed by atoms with Gasteiger partial charge in [-0.25, -0.2) is 4.39 Å². The smallest absolute Gasteiger partial charge is 0.145 e. The minimum Gasteiger partial charge on any atom is -0.456 e. The van der Waals surface area contributed by atoms with Gasteiger partial charge in [0.2, 0.25) is 0 Å². The lowest BCUT2D eigenvalue weighted by Gasteiger charge is -2.08. The SMILES string of the molecule is N#Cc1cc(F)ccc1Oc1ccc2ccccc2c1. The largest absolute Gasteiger partial charge is 0.456 e. The Labute approximate surface area is 115 Å². The van der Waals surface area contributed by atoms with Crippen molar-refractivity contribution < 1.29 is 9.13 Å². The molecule has 0 aliphatic carbocycles. The summed E-state index contributed by atoms with van der Waals surface area (Å²) in [5, 5.41) is 11.2. The number of hydrogen-bond acceptors (Lipinski definition) is 2. The summed E-state index contributed by atoms with van der Waals surface area (Å²) in [7, 11) is 0. The van der Waals surface area contributed by atoms with Crippen molar-refractivity contribution in [2.75, 3.05) is 0 Å². The minimum atomic E-state index is -0.451. The molecule has 0 saturated heterocycles. The van der Waals surface area contributed by atoms with E-state index in [4.69, 9.17) is 10.00 Å². The molecule has 0 aromatic heterocycles. The standard InChI is InChI=1S/C17H10FNO/c18-15-6-8-17(14(9-15)11-19)20-16-7-5-12-3-1-2-4-13(12)10-16/h1-10H. The Balaban J connectivity index is 1.99. The molecule has 3 heteroatoms. The van der Waals surface area contributed by atoms with Gasteiger partial charge in [-0.1, -0.05) is 30.3 Å². The van der Waals surface area contributed by atoms with E-state index in [2.05, 4.69) is 0 Å². The Bertz CT molecular complexity index is 821. The molecule has 0 heterocycles. The first-order valence-corrected chi connectivity index (χ1v) is 6.12. The summed E-state index contributed by atoms with van der Waals surface area (Å²) >= 11 is 0. The number of nitrogens with zero attached hydrogens (tertiary/aromatic N) is 1. The zero-order valence-corrected chi connectivity index (χ0v) is 10.5. The van der Waals surface area contributed by atoms with Crippen LogP contribution < -0.4 is 4.74 Å². The number of hydrogen-bond donors (Lipinski definition) is 0. The fraction of sp³-hybridized carbons (Fsp3) is 0. The molecule has 0 saturated carbocycles. The zero-order chi connectivity index (χ0) is 13.9. The molecule has 0 amide bonds. The number of halogens is 1. The lowest BCUT2D eigenvalue weighted by atomic mass is 10.1. The van der Waals surface area contributed by atoms with Crippen LogP contribution in [0.25, 0.3) is 10.8 Å². The van der Waals surface area contributed by atoms with E-state index in [-0.39, 0.29) is 5.56 Å². The first-order valence-electron chi connectivity index (χ1n) is 6.12. The quantitative estimate of drug-likeness (QED) is 0.674. The third kappa shape index (κ3) is 2.32. The summed E-state index contributed by atoms with van der Waals surface area (Å²) in [6.07, 6.45) is 0. The van der Waals surface area contributed by atoms with Crippen molar-refractivity contribution in [2.24, 2.45) is 0 Å². The molecule has 20 heavy (non-hydrogen) atoms.